The number of rotatable bonds is 5. The molecule has 1 aliphatic heterocycles. The molecule has 0 amide bonds. The van der Waals surface area contributed by atoms with Gasteiger partial charge in [-0.2, -0.15) is 0 Å². The highest BCUT2D eigenvalue weighted by molar-refractivity contribution is 6.00. The molecule has 2 N–H and O–H groups in total. The number of piperidine rings is 1. The van der Waals surface area contributed by atoms with Gasteiger partial charge in [-0.05, 0) is 31.5 Å². The van der Waals surface area contributed by atoms with Crippen LogP contribution in [0.3, 0.4) is 0 Å². The molecule has 110 valence electrons. The minimum Gasteiger partial charge on any atom is -0.504 e. The second-order valence-electron chi connectivity index (χ2n) is 4.97. The number of phenols is 1. The molecule has 1 heterocycles. The van der Waals surface area contributed by atoms with Crippen molar-refractivity contribution < 1.29 is 19.4 Å². The van der Waals surface area contributed by atoms with E-state index in [4.69, 9.17) is 9.47 Å². The molecule has 1 saturated heterocycles. The van der Waals surface area contributed by atoms with Crippen LogP contribution in [-0.2, 0) is 0 Å². The second kappa shape index (κ2) is 6.61. The van der Waals surface area contributed by atoms with Crippen molar-refractivity contribution in [2.24, 2.45) is 0 Å². The van der Waals surface area contributed by atoms with Gasteiger partial charge in [-0.25, -0.2) is 0 Å². The lowest BCUT2D eigenvalue weighted by Crippen LogP contribution is -2.35. The minimum atomic E-state index is -0.0308. The molecule has 0 bridgehead atoms. The van der Waals surface area contributed by atoms with Gasteiger partial charge in [0, 0.05) is 12.5 Å². The summed E-state index contributed by atoms with van der Waals surface area (Å²) in [6.07, 6.45) is 3.77. The maximum Gasteiger partial charge on any atom is 0.203 e. The molecule has 0 aliphatic carbocycles. The Bertz CT molecular complexity index is 481. The van der Waals surface area contributed by atoms with Crippen LogP contribution in [0.1, 0.15) is 36.0 Å². The number of nitrogens with one attached hydrogen (secondary N) is 1. The third-order valence-electron chi connectivity index (χ3n) is 3.64. The first-order valence-corrected chi connectivity index (χ1v) is 6.88. The zero-order chi connectivity index (χ0) is 14.5. The lowest BCUT2D eigenvalue weighted by Gasteiger charge is -2.23. The SMILES string of the molecule is COc1c(O)ccc(C(=O)C[C@@H]2CCCCN2)c1OC. The van der Waals surface area contributed by atoms with Crippen molar-refractivity contribution >= 4 is 5.78 Å². The second-order valence-corrected chi connectivity index (χ2v) is 4.97. The monoisotopic (exact) mass is 279 g/mol. The number of hydrogen-bond acceptors (Lipinski definition) is 5. The van der Waals surface area contributed by atoms with E-state index in [0.717, 1.165) is 19.4 Å². The summed E-state index contributed by atoms with van der Waals surface area (Å²) in [6, 6.07) is 3.27. The standard InChI is InChI=1S/C15H21NO4/c1-19-14-11(6-7-12(17)15(14)20-2)13(18)9-10-5-3-4-8-16-10/h6-7,10,16-17H,3-5,8-9H2,1-2H3/t10-/m0/s1. The van der Waals surface area contributed by atoms with E-state index in [-0.39, 0.29) is 23.3 Å². The van der Waals surface area contributed by atoms with Crippen molar-refractivity contribution in [2.45, 2.75) is 31.7 Å². The normalized spacial score (nSPS) is 18.6. The molecule has 1 fully saturated rings. The molecule has 20 heavy (non-hydrogen) atoms. The van der Waals surface area contributed by atoms with E-state index in [9.17, 15) is 9.90 Å². The first kappa shape index (κ1) is 14.7. The third-order valence-corrected chi connectivity index (χ3v) is 3.64. The molecular formula is C15H21NO4. The van der Waals surface area contributed by atoms with Gasteiger partial charge in [-0.3, -0.25) is 4.79 Å². The summed E-state index contributed by atoms with van der Waals surface area (Å²) in [7, 11) is 2.90. The molecule has 0 spiro atoms. The van der Waals surface area contributed by atoms with E-state index in [1.165, 1.54) is 26.7 Å². The van der Waals surface area contributed by atoms with Crippen molar-refractivity contribution in [3.63, 3.8) is 0 Å². The van der Waals surface area contributed by atoms with Gasteiger partial charge in [0.05, 0.1) is 19.8 Å². The number of ketones is 1. The van der Waals surface area contributed by atoms with Gasteiger partial charge in [0.2, 0.25) is 5.75 Å². The van der Waals surface area contributed by atoms with Gasteiger partial charge in [0.25, 0.3) is 0 Å². The molecule has 5 nitrogen and oxygen atoms in total. The molecule has 1 aromatic carbocycles. The summed E-state index contributed by atoms with van der Waals surface area (Å²) in [4.78, 5) is 12.4. The molecule has 5 heteroatoms. The van der Waals surface area contributed by atoms with Crippen molar-refractivity contribution in [1.82, 2.24) is 5.32 Å². The van der Waals surface area contributed by atoms with Crippen LogP contribution in [0.5, 0.6) is 17.2 Å². The summed E-state index contributed by atoms with van der Waals surface area (Å²) >= 11 is 0. The number of benzene rings is 1. The van der Waals surface area contributed by atoms with E-state index in [1.807, 2.05) is 0 Å². The molecular weight excluding hydrogens is 258 g/mol. The van der Waals surface area contributed by atoms with Gasteiger partial charge in [-0.1, -0.05) is 6.42 Å². The number of Topliss-reactive ketones (excluding diaryl/α,β-unsaturated/α-hetero) is 1. The average Bonchev–Trinajstić information content (AvgIpc) is 2.47. The Morgan fingerprint density at radius 1 is 1.30 bits per heavy atom. The highest BCUT2D eigenvalue weighted by Gasteiger charge is 2.23. The fraction of sp³-hybridized carbons (Fsp3) is 0.533. The highest BCUT2D eigenvalue weighted by atomic mass is 16.5. The summed E-state index contributed by atoms with van der Waals surface area (Å²) < 4.78 is 10.3. The topological polar surface area (TPSA) is 67.8 Å². The fourth-order valence-corrected chi connectivity index (χ4v) is 2.60. The van der Waals surface area contributed by atoms with Crippen LogP contribution in [0, 0.1) is 0 Å². The van der Waals surface area contributed by atoms with Crippen LogP contribution in [0.4, 0.5) is 0 Å². The summed E-state index contributed by atoms with van der Waals surface area (Å²) in [6.45, 7) is 0.966. The number of phenolic OH excluding ortho intramolecular Hbond substituents is 1. The maximum atomic E-state index is 12.4. The van der Waals surface area contributed by atoms with Crippen LogP contribution in [-0.4, -0.2) is 37.7 Å². The van der Waals surface area contributed by atoms with Crippen molar-refractivity contribution in [2.75, 3.05) is 20.8 Å². The van der Waals surface area contributed by atoms with Gasteiger partial charge >= 0.3 is 0 Å². The van der Waals surface area contributed by atoms with Crippen LogP contribution < -0.4 is 14.8 Å². The number of hydrogen-bond donors (Lipinski definition) is 2. The Balaban J connectivity index is 2.20. The maximum absolute atomic E-state index is 12.4. The van der Waals surface area contributed by atoms with Gasteiger partial charge in [-0.15, -0.1) is 0 Å². The first-order valence-electron chi connectivity index (χ1n) is 6.88. The Kier molecular flexibility index (Phi) is 4.84. The van der Waals surface area contributed by atoms with E-state index >= 15 is 0 Å². The van der Waals surface area contributed by atoms with Crippen LogP contribution in [0.15, 0.2) is 12.1 Å². The zero-order valence-corrected chi connectivity index (χ0v) is 11.9. The van der Waals surface area contributed by atoms with Gasteiger partial charge in [0.1, 0.15) is 0 Å². The molecule has 0 saturated carbocycles. The predicted octanol–water partition coefficient (Wildman–Crippen LogP) is 2.12. The van der Waals surface area contributed by atoms with Crippen molar-refractivity contribution in [3.8, 4) is 17.2 Å². The lowest BCUT2D eigenvalue weighted by molar-refractivity contribution is 0.0960. The summed E-state index contributed by atoms with van der Waals surface area (Å²) in [5.41, 5.74) is 0.453. The first-order chi connectivity index (χ1) is 9.67. The predicted molar refractivity (Wildman–Crippen MR) is 75.8 cm³/mol. The number of carbonyl (C=O) groups is 1. The molecule has 0 aromatic heterocycles. The van der Waals surface area contributed by atoms with E-state index in [2.05, 4.69) is 5.32 Å². The Morgan fingerprint density at radius 3 is 2.65 bits per heavy atom. The molecule has 2 rings (SSSR count). The summed E-state index contributed by atoms with van der Waals surface area (Å²) in [5, 5.41) is 13.1. The quantitative estimate of drug-likeness (QED) is 0.808. The number of carbonyl (C=O) groups excluding carboxylic acids is 1. The Morgan fingerprint density at radius 2 is 2.05 bits per heavy atom. The number of aromatic hydroxyl groups is 1. The molecule has 0 radical (unpaired) electrons. The van der Waals surface area contributed by atoms with E-state index in [0.29, 0.717) is 17.7 Å². The summed E-state index contributed by atoms with van der Waals surface area (Å²) in [5.74, 6) is 0.472. The van der Waals surface area contributed by atoms with E-state index in [1.54, 1.807) is 6.07 Å². The van der Waals surface area contributed by atoms with Gasteiger partial charge in [0.15, 0.2) is 17.3 Å². The van der Waals surface area contributed by atoms with Crippen molar-refractivity contribution in [3.05, 3.63) is 17.7 Å². The molecule has 1 aliphatic rings. The van der Waals surface area contributed by atoms with Crippen LogP contribution >= 0.6 is 0 Å². The Hall–Kier alpha value is -1.75. The largest absolute Gasteiger partial charge is 0.504 e. The van der Waals surface area contributed by atoms with Gasteiger partial charge < -0.3 is 19.9 Å². The van der Waals surface area contributed by atoms with Crippen LogP contribution in [0.25, 0.3) is 0 Å². The molecule has 1 atom stereocenters. The molecule has 1 aromatic rings. The zero-order valence-electron chi connectivity index (χ0n) is 11.9. The minimum absolute atomic E-state index is 0.000417. The smallest absolute Gasteiger partial charge is 0.203 e. The number of methoxy groups -OCH3 is 2. The highest BCUT2D eigenvalue weighted by Crippen LogP contribution is 2.39. The molecule has 0 unspecified atom stereocenters. The fourth-order valence-electron chi connectivity index (χ4n) is 2.60. The van der Waals surface area contributed by atoms with E-state index < -0.39 is 0 Å². The Labute approximate surface area is 118 Å². The average molecular weight is 279 g/mol. The van der Waals surface area contributed by atoms with Crippen LogP contribution in [0.2, 0.25) is 0 Å². The third kappa shape index (κ3) is 3.04. The van der Waals surface area contributed by atoms with Crippen molar-refractivity contribution in [1.29, 1.82) is 0 Å². The number of ether oxygens (including phenoxy) is 2. The lowest BCUT2D eigenvalue weighted by atomic mass is 9.96.